The van der Waals surface area contributed by atoms with E-state index in [0.29, 0.717) is 39.2 Å². The molecule has 2 rings (SSSR count). The minimum Gasteiger partial charge on any atom is -0.382 e. The Balaban J connectivity index is 2.15. The number of nitrogens with one attached hydrogen (secondary N) is 1. The maximum Gasteiger partial charge on any atom is 0.230 e. The molecule has 1 aromatic carbocycles. The van der Waals surface area contributed by atoms with Crippen LogP contribution >= 0.6 is 0 Å². The van der Waals surface area contributed by atoms with E-state index in [0.717, 1.165) is 5.56 Å². The number of ether oxygens (including phenoxy) is 3. The monoisotopic (exact) mass is 321 g/mol. The number of methoxy groups -OCH3 is 2. The van der Waals surface area contributed by atoms with Gasteiger partial charge >= 0.3 is 0 Å². The van der Waals surface area contributed by atoms with Crippen LogP contribution in [0.1, 0.15) is 25.3 Å². The largest absolute Gasteiger partial charge is 0.382 e. The third kappa shape index (κ3) is 4.10. The van der Waals surface area contributed by atoms with Gasteiger partial charge in [-0.1, -0.05) is 30.3 Å². The van der Waals surface area contributed by atoms with E-state index < -0.39 is 11.0 Å². The molecule has 0 aromatic heterocycles. The summed E-state index contributed by atoms with van der Waals surface area (Å²) in [6.07, 6.45) is 1.38. The van der Waals surface area contributed by atoms with Crippen LogP contribution in [0.15, 0.2) is 30.3 Å². The molecule has 1 aliphatic heterocycles. The Hall–Kier alpha value is -1.43. The second kappa shape index (κ2) is 7.90. The van der Waals surface area contributed by atoms with Gasteiger partial charge in [0.1, 0.15) is 5.60 Å². The summed E-state index contributed by atoms with van der Waals surface area (Å²) >= 11 is 0. The summed E-state index contributed by atoms with van der Waals surface area (Å²) < 4.78 is 16.2. The molecule has 0 radical (unpaired) electrons. The Morgan fingerprint density at radius 3 is 2.48 bits per heavy atom. The first kappa shape index (κ1) is 17.9. The molecule has 128 valence electrons. The van der Waals surface area contributed by atoms with Crippen LogP contribution in [0, 0.1) is 0 Å². The Morgan fingerprint density at radius 2 is 1.91 bits per heavy atom. The van der Waals surface area contributed by atoms with Crippen LogP contribution in [0.3, 0.4) is 0 Å². The SMILES string of the molecule is COC[C@@](C)(CNC(=O)C1(c2ccccc2)CCOCC1)OC. The Morgan fingerprint density at radius 1 is 1.26 bits per heavy atom. The summed E-state index contributed by atoms with van der Waals surface area (Å²) in [4.78, 5) is 13.0. The molecule has 0 saturated carbocycles. The zero-order valence-corrected chi connectivity index (χ0v) is 14.3. The summed E-state index contributed by atoms with van der Waals surface area (Å²) in [6, 6.07) is 9.97. The smallest absolute Gasteiger partial charge is 0.230 e. The van der Waals surface area contributed by atoms with Gasteiger partial charge in [-0.05, 0) is 25.3 Å². The fourth-order valence-electron chi connectivity index (χ4n) is 3.05. The molecule has 5 nitrogen and oxygen atoms in total. The van der Waals surface area contributed by atoms with Gasteiger partial charge in [0.05, 0.1) is 12.0 Å². The molecule has 5 heteroatoms. The van der Waals surface area contributed by atoms with Crippen molar-refractivity contribution in [3.8, 4) is 0 Å². The van der Waals surface area contributed by atoms with E-state index >= 15 is 0 Å². The van der Waals surface area contributed by atoms with Gasteiger partial charge in [-0.3, -0.25) is 4.79 Å². The Bertz CT molecular complexity index is 499. The van der Waals surface area contributed by atoms with Gasteiger partial charge in [0, 0.05) is 34.0 Å². The lowest BCUT2D eigenvalue weighted by Gasteiger charge is -2.37. The fourth-order valence-corrected chi connectivity index (χ4v) is 3.05. The quantitative estimate of drug-likeness (QED) is 0.833. The van der Waals surface area contributed by atoms with Crippen LogP contribution in [0.4, 0.5) is 0 Å². The molecule has 1 N–H and O–H groups in total. The average Bonchev–Trinajstić information content (AvgIpc) is 2.61. The molecule has 1 saturated heterocycles. The van der Waals surface area contributed by atoms with Gasteiger partial charge < -0.3 is 19.5 Å². The van der Waals surface area contributed by atoms with Crippen LogP contribution in [-0.2, 0) is 24.4 Å². The van der Waals surface area contributed by atoms with Crippen molar-refractivity contribution >= 4 is 5.91 Å². The molecule has 0 aliphatic carbocycles. The zero-order valence-electron chi connectivity index (χ0n) is 14.3. The molecule has 23 heavy (non-hydrogen) atoms. The van der Waals surface area contributed by atoms with Crippen molar-refractivity contribution in [3.63, 3.8) is 0 Å². The van der Waals surface area contributed by atoms with Crippen LogP contribution in [0.2, 0.25) is 0 Å². The standard InChI is InChI=1S/C18H27NO4/c1-17(22-3,14-21-2)13-19-16(20)18(9-11-23-12-10-18)15-7-5-4-6-8-15/h4-8H,9-14H2,1-3H3,(H,19,20)/t17-/m1/s1. The lowest BCUT2D eigenvalue weighted by Crippen LogP contribution is -2.53. The van der Waals surface area contributed by atoms with E-state index in [1.54, 1.807) is 14.2 Å². The van der Waals surface area contributed by atoms with Crippen molar-refractivity contribution in [1.29, 1.82) is 0 Å². The summed E-state index contributed by atoms with van der Waals surface area (Å²) in [7, 11) is 3.26. The third-order valence-corrected chi connectivity index (χ3v) is 4.67. The highest BCUT2D eigenvalue weighted by atomic mass is 16.5. The Labute approximate surface area is 138 Å². The minimum atomic E-state index is -0.534. The van der Waals surface area contributed by atoms with E-state index in [-0.39, 0.29) is 5.91 Å². The topological polar surface area (TPSA) is 56.8 Å². The molecule has 0 spiro atoms. The zero-order chi connectivity index (χ0) is 16.8. The van der Waals surface area contributed by atoms with Crippen LogP contribution in [-0.4, -0.2) is 52.1 Å². The first-order valence-corrected chi connectivity index (χ1v) is 8.02. The molecule has 0 bridgehead atoms. The first-order valence-electron chi connectivity index (χ1n) is 8.02. The van der Waals surface area contributed by atoms with E-state index in [1.165, 1.54) is 0 Å². The number of benzene rings is 1. The van der Waals surface area contributed by atoms with Gasteiger partial charge in [0.2, 0.25) is 5.91 Å². The third-order valence-electron chi connectivity index (χ3n) is 4.67. The highest BCUT2D eigenvalue weighted by Crippen LogP contribution is 2.35. The first-order chi connectivity index (χ1) is 11.1. The van der Waals surface area contributed by atoms with Crippen molar-refractivity contribution in [2.45, 2.75) is 30.8 Å². The fraction of sp³-hybridized carbons (Fsp3) is 0.611. The number of hydrogen-bond donors (Lipinski definition) is 1. The molecule has 1 fully saturated rings. The minimum absolute atomic E-state index is 0.0337. The van der Waals surface area contributed by atoms with Crippen LogP contribution in [0.5, 0.6) is 0 Å². The highest BCUT2D eigenvalue weighted by Gasteiger charge is 2.42. The van der Waals surface area contributed by atoms with Crippen molar-refractivity contribution in [2.24, 2.45) is 0 Å². The summed E-state index contributed by atoms with van der Waals surface area (Å²) in [5, 5.41) is 3.07. The maximum absolute atomic E-state index is 13.0. The van der Waals surface area contributed by atoms with Crippen molar-refractivity contribution in [2.75, 3.05) is 40.6 Å². The van der Waals surface area contributed by atoms with E-state index in [2.05, 4.69) is 5.32 Å². The van der Waals surface area contributed by atoms with Crippen molar-refractivity contribution in [3.05, 3.63) is 35.9 Å². The summed E-state index contributed by atoms with van der Waals surface area (Å²) in [5.41, 5.74) is -0.0130. The molecule has 1 aliphatic rings. The molecular weight excluding hydrogens is 294 g/mol. The molecular formula is C18H27NO4. The van der Waals surface area contributed by atoms with Gasteiger partial charge in [0.15, 0.2) is 0 Å². The number of rotatable bonds is 7. The molecule has 0 unspecified atom stereocenters. The second-order valence-corrected chi connectivity index (χ2v) is 6.33. The Kier molecular flexibility index (Phi) is 6.16. The van der Waals surface area contributed by atoms with Crippen LogP contribution in [0.25, 0.3) is 0 Å². The van der Waals surface area contributed by atoms with Gasteiger partial charge in [-0.2, -0.15) is 0 Å². The van der Waals surface area contributed by atoms with E-state index in [1.807, 2.05) is 37.3 Å². The average molecular weight is 321 g/mol. The number of hydrogen-bond acceptors (Lipinski definition) is 4. The highest BCUT2D eigenvalue weighted by molar-refractivity contribution is 5.88. The number of amides is 1. The number of carbonyl (C=O) groups is 1. The molecule has 1 heterocycles. The summed E-state index contributed by atoms with van der Waals surface area (Å²) in [5.74, 6) is 0.0337. The molecule has 1 atom stereocenters. The predicted octanol–water partition coefficient (Wildman–Crippen LogP) is 1.90. The predicted molar refractivity (Wildman–Crippen MR) is 88.5 cm³/mol. The maximum atomic E-state index is 13.0. The number of carbonyl (C=O) groups excluding carboxylic acids is 1. The normalized spacial score (nSPS) is 19.8. The second-order valence-electron chi connectivity index (χ2n) is 6.33. The molecule has 1 aromatic rings. The van der Waals surface area contributed by atoms with Crippen molar-refractivity contribution < 1.29 is 19.0 Å². The van der Waals surface area contributed by atoms with Crippen molar-refractivity contribution in [1.82, 2.24) is 5.32 Å². The van der Waals surface area contributed by atoms with Gasteiger partial charge in [0.25, 0.3) is 0 Å². The van der Waals surface area contributed by atoms with E-state index in [9.17, 15) is 4.79 Å². The lowest BCUT2D eigenvalue weighted by molar-refractivity contribution is -0.132. The van der Waals surface area contributed by atoms with Gasteiger partial charge in [-0.15, -0.1) is 0 Å². The molecule has 1 amide bonds. The summed E-state index contributed by atoms with van der Waals surface area (Å²) in [6.45, 7) is 3.96. The van der Waals surface area contributed by atoms with Crippen LogP contribution < -0.4 is 5.32 Å². The van der Waals surface area contributed by atoms with E-state index in [4.69, 9.17) is 14.2 Å². The lowest BCUT2D eigenvalue weighted by atomic mass is 9.73. The van der Waals surface area contributed by atoms with Gasteiger partial charge in [-0.25, -0.2) is 0 Å².